The number of alkyl halides is 3. The Balaban J connectivity index is 2.47. The maximum Gasteiger partial charge on any atom is 0.422 e. The van der Waals surface area contributed by atoms with Crippen LogP contribution in [-0.2, 0) is 17.5 Å². The molecule has 0 heterocycles. The second-order valence-electron chi connectivity index (χ2n) is 4.91. The summed E-state index contributed by atoms with van der Waals surface area (Å²) >= 11 is 2.91. The number of hydrogen-bond donors (Lipinski definition) is 0. The number of hydrogen-bond acceptors (Lipinski definition) is 3. The fraction of sp³-hybridized carbons (Fsp3) is 0.235. The van der Waals surface area contributed by atoms with Crippen molar-refractivity contribution in [2.24, 2.45) is 0 Å². The molecule has 0 aromatic heterocycles. The summed E-state index contributed by atoms with van der Waals surface area (Å²) in [4.78, 5) is 11.8. The van der Waals surface area contributed by atoms with Crippen molar-refractivity contribution in [2.45, 2.75) is 19.7 Å². The Hall–Kier alpha value is -2.09. The Morgan fingerprint density at radius 2 is 1.84 bits per heavy atom. The zero-order chi connectivity index (χ0) is 18.6. The van der Waals surface area contributed by atoms with Crippen LogP contribution in [0.1, 0.15) is 28.4 Å². The molecule has 2 aromatic carbocycles. The quantitative estimate of drug-likeness (QED) is 0.482. The summed E-state index contributed by atoms with van der Waals surface area (Å²) < 4.78 is 64.0. The van der Waals surface area contributed by atoms with Gasteiger partial charge in [-0.25, -0.2) is 9.18 Å². The first-order chi connectivity index (χ1) is 11.8. The summed E-state index contributed by atoms with van der Waals surface area (Å²) in [7, 11) is 0. The van der Waals surface area contributed by atoms with Gasteiger partial charge in [0.1, 0.15) is 23.5 Å². The van der Waals surface area contributed by atoms with Gasteiger partial charge in [-0.15, -0.1) is 0 Å². The molecular formula is C17H13BrF4O3. The number of carbonyl (C=O) groups is 1. The highest BCUT2D eigenvalue weighted by Gasteiger charge is 2.41. The minimum absolute atomic E-state index is 0.0989. The van der Waals surface area contributed by atoms with E-state index in [1.165, 1.54) is 6.92 Å². The Morgan fingerprint density at radius 1 is 1.20 bits per heavy atom. The van der Waals surface area contributed by atoms with Crippen LogP contribution in [0, 0.1) is 5.82 Å². The highest BCUT2D eigenvalue weighted by atomic mass is 79.9. The summed E-state index contributed by atoms with van der Waals surface area (Å²) in [5.41, 5.74) is -1.85. The lowest BCUT2D eigenvalue weighted by Crippen LogP contribution is -2.17. The predicted octanol–water partition coefficient (Wildman–Crippen LogP) is 5.36. The van der Waals surface area contributed by atoms with Crippen LogP contribution >= 0.6 is 15.9 Å². The van der Waals surface area contributed by atoms with Gasteiger partial charge in [0.05, 0.1) is 6.61 Å². The van der Waals surface area contributed by atoms with Crippen LogP contribution in [0.2, 0.25) is 0 Å². The third-order valence-electron chi connectivity index (χ3n) is 3.18. The van der Waals surface area contributed by atoms with Gasteiger partial charge >= 0.3 is 12.1 Å². The van der Waals surface area contributed by atoms with Crippen LogP contribution < -0.4 is 4.74 Å². The number of carbonyl (C=O) groups excluding carboxylic acids is 1. The molecule has 25 heavy (non-hydrogen) atoms. The highest BCUT2D eigenvalue weighted by molar-refractivity contribution is 9.10. The average molecular weight is 421 g/mol. The first-order valence-corrected chi connectivity index (χ1v) is 7.98. The fourth-order valence-corrected chi connectivity index (χ4v) is 2.64. The zero-order valence-corrected chi connectivity index (χ0v) is 14.6. The van der Waals surface area contributed by atoms with Crippen molar-refractivity contribution in [2.75, 3.05) is 6.61 Å². The van der Waals surface area contributed by atoms with E-state index in [4.69, 9.17) is 4.74 Å². The Kier molecular flexibility index (Phi) is 6.05. The summed E-state index contributed by atoms with van der Waals surface area (Å²) in [5.74, 6) is -3.64. The lowest BCUT2D eigenvalue weighted by molar-refractivity contribution is -0.141. The molecule has 0 amide bonds. The Bertz CT molecular complexity index is 761. The summed E-state index contributed by atoms with van der Waals surface area (Å²) in [5, 5.41) is 0. The molecule has 0 radical (unpaired) electrons. The van der Waals surface area contributed by atoms with Gasteiger partial charge < -0.3 is 9.47 Å². The van der Waals surface area contributed by atoms with E-state index in [1.54, 1.807) is 30.3 Å². The molecule has 8 heteroatoms. The van der Waals surface area contributed by atoms with E-state index in [0.29, 0.717) is 5.56 Å². The zero-order valence-electron chi connectivity index (χ0n) is 13.0. The molecule has 0 fully saturated rings. The van der Waals surface area contributed by atoms with E-state index in [-0.39, 0.29) is 17.7 Å². The van der Waals surface area contributed by atoms with Crippen LogP contribution in [0.5, 0.6) is 5.75 Å². The highest BCUT2D eigenvalue weighted by Crippen LogP contribution is 2.42. The molecule has 2 rings (SSSR count). The Morgan fingerprint density at radius 3 is 2.40 bits per heavy atom. The maximum atomic E-state index is 14.5. The molecule has 2 aromatic rings. The van der Waals surface area contributed by atoms with Gasteiger partial charge in [0.25, 0.3) is 0 Å². The van der Waals surface area contributed by atoms with Gasteiger partial charge in [0, 0.05) is 4.47 Å². The predicted molar refractivity (Wildman–Crippen MR) is 85.8 cm³/mol. The van der Waals surface area contributed by atoms with Crippen molar-refractivity contribution in [3.8, 4) is 5.75 Å². The van der Waals surface area contributed by atoms with Crippen molar-refractivity contribution < 1.29 is 31.8 Å². The fourth-order valence-electron chi connectivity index (χ4n) is 2.10. The smallest absolute Gasteiger partial charge is 0.422 e. The summed E-state index contributed by atoms with van der Waals surface area (Å²) in [6.07, 6.45) is -5.04. The van der Waals surface area contributed by atoms with Gasteiger partial charge in [-0.3, -0.25) is 0 Å². The third-order valence-corrected chi connectivity index (χ3v) is 3.81. The number of esters is 1. The third kappa shape index (κ3) is 4.50. The largest absolute Gasteiger partial charge is 0.488 e. The lowest BCUT2D eigenvalue weighted by Gasteiger charge is -2.17. The molecule has 0 aliphatic carbocycles. The van der Waals surface area contributed by atoms with Gasteiger partial charge in [-0.1, -0.05) is 30.3 Å². The number of benzene rings is 2. The van der Waals surface area contributed by atoms with Crippen LogP contribution in [0.15, 0.2) is 40.9 Å². The molecule has 0 bridgehead atoms. The van der Waals surface area contributed by atoms with Crippen molar-refractivity contribution in [1.82, 2.24) is 0 Å². The number of halogens is 5. The van der Waals surface area contributed by atoms with E-state index in [0.717, 1.165) is 6.07 Å². The summed E-state index contributed by atoms with van der Waals surface area (Å²) in [6, 6.07) is 9.38. The molecule has 0 saturated heterocycles. The van der Waals surface area contributed by atoms with Gasteiger partial charge in [-0.05, 0) is 34.5 Å². The normalized spacial score (nSPS) is 11.3. The first-order valence-electron chi connectivity index (χ1n) is 7.18. The maximum absolute atomic E-state index is 14.5. The molecule has 0 saturated carbocycles. The van der Waals surface area contributed by atoms with E-state index < -0.39 is 34.8 Å². The molecule has 0 N–H and O–H groups in total. The lowest BCUT2D eigenvalue weighted by atomic mass is 10.1. The van der Waals surface area contributed by atoms with Crippen molar-refractivity contribution in [3.05, 3.63) is 63.4 Å². The molecule has 0 spiro atoms. The minimum Gasteiger partial charge on any atom is -0.488 e. The molecular weight excluding hydrogens is 408 g/mol. The van der Waals surface area contributed by atoms with Crippen LogP contribution in [0.4, 0.5) is 17.6 Å². The minimum atomic E-state index is -5.04. The molecule has 0 unspecified atom stereocenters. The van der Waals surface area contributed by atoms with Crippen LogP contribution in [0.3, 0.4) is 0 Å². The first kappa shape index (κ1) is 19.2. The van der Waals surface area contributed by atoms with Crippen molar-refractivity contribution in [3.63, 3.8) is 0 Å². The molecule has 3 nitrogen and oxygen atoms in total. The molecule has 134 valence electrons. The average Bonchev–Trinajstić information content (AvgIpc) is 2.52. The van der Waals surface area contributed by atoms with E-state index in [9.17, 15) is 22.4 Å². The molecule has 0 aliphatic heterocycles. The van der Waals surface area contributed by atoms with Crippen LogP contribution in [0.25, 0.3) is 0 Å². The second-order valence-corrected chi connectivity index (χ2v) is 5.77. The summed E-state index contributed by atoms with van der Waals surface area (Å²) in [6.45, 7) is 1.18. The van der Waals surface area contributed by atoms with E-state index in [1.807, 2.05) is 0 Å². The molecule has 0 atom stereocenters. The standard InChI is InChI=1S/C17H13BrF4O3/c1-2-24-16(23)13-11(18)8-12(14(15(13)19)17(20,21)22)25-9-10-6-4-3-5-7-10/h3-8H,2,9H2,1H3. The number of rotatable bonds is 5. The van der Waals surface area contributed by atoms with Gasteiger partial charge in [0.2, 0.25) is 0 Å². The van der Waals surface area contributed by atoms with Crippen molar-refractivity contribution in [1.29, 1.82) is 0 Å². The van der Waals surface area contributed by atoms with Gasteiger partial charge in [-0.2, -0.15) is 13.2 Å². The van der Waals surface area contributed by atoms with Crippen molar-refractivity contribution >= 4 is 21.9 Å². The van der Waals surface area contributed by atoms with Crippen LogP contribution in [-0.4, -0.2) is 12.6 Å². The SMILES string of the molecule is CCOC(=O)c1c(Br)cc(OCc2ccccc2)c(C(F)(F)F)c1F. The second kappa shape index (κ2) is 7.86. The van der Waals surface area contributed by atoms with Gasteiger partial charge in [0.15, 0.2) is 5.82 Å². The topological polar surface area (TPSA) is 35.5 Å². The molecule has 0 aliphatic rings. The number of ether oxygens (including phenoxy) is 2. The Labute approximate surface area is 149 Å². The van der Waals surface area contributed by atoms with E-state index in [2.05, 4.69) is 20.7 Å². The monoisotopic (exact) mass is 420 g/mol. The van der Waals surface area contributed by atoms with E-state index >= 15 is 0 Å².